The molecule has 0 saturated heterocycles. The highest BCUT2D eigenvalue weighted by molar-refractivity contribution is 7.80. The smallest absolute Gasteiger partial charge is 0.397 e. The third kappa shape index (κ3) is 8.47. The minimum Gasteiger partial charge on any atom is -0.494 e. The Morgan fingerprint density at radius 2 is 1.64 bits per heavy atom. The average Bonchev–Trinajstić information content (AvgIpc) is 2.54. The van der Waals surface area contributed by atoms with E-state index < -0.39 is 21.4 Å². The van der Waals surface area contributed by atoms with Gasteiger partial charge in [0.2, 0.25) is 0 Å². The van der Waals surface area contributed by atoms with Gasteiger partial charge in [0.05, 0.1) is 18.8 Å². The Morgan fingerprint density at radius 3 is 2.14 bits per heavy atom. The van der Waals surface area contributed by atoms with Crippen molar-refractivity contribution < 1.29 is 26.6 Å². The van der Waals surface area contributed by atoms with E-state index in [2.05, 4.69) is 34.6 Å². The first-order valence-corrected chi connectivity index (χ1v) is 11.1. The molecule has 0 radical (unpaired) electrons. The van der Waals surface area contributed by atoms with Gasteiger partial charge in [0.1, 0.15) is 5.75 Å². The van der Waals surface area contributed by atoms with E-state index in [4.69, 9.17) is 18.2 Å². The maximum absolute atomic E-state index is 11.3. The van der Waals surface area contributed by atoms with Crippen LogP contribution in [0.15, 0.2) is 30.3 Å². The van der Waals surface area contributed by atoms with Gasteiger partial charge in [-0.2, -0.15) is 8.42 Å². The molecule has 1 rings (SSSR count). The Morgan fingerprint density at radius 1 is 1.04 bits per heavy atom. The molecule has 1 atom stereocenters. The van der Waals surface area contributed by atoms with E-state index in [1.807, 2.05) is 37.3 Å². The van der Waals surface area contributed by atoms with Gasteiger partial charge in [0.15, 0.2) is 0 Å². The van der Waals surface area contributed by atoms with Crippen molar-refractivity contribution in [2.75, 3.05) is 19.8 Å². The molecule has 0 saturated carbocycles. The Bertz CT molecular complexity index is 679. The Hall–Kier alpha value is -1.15. The van der Waals surface area contributed by atoms with Crippen LogP contribution < -0.4 is 4.74 Å². The van der Waals surface area contributed by atoms with Gasteiger partial charge in [-0.05, 0) is 49.1 Å². The lowest BCUT2D eigenvalue weighted by Gasteiger charge is -2.48. The fourth-order valence-electron chi connectivity index (χ4n) is 3.91. The van der Waals surface area contributed by atoms with E-state index in [0.29, 0.717) is 26.1 Å². The van der Waals surface area contributed by atoms with Gasteiger partial charge in [-0.15, -0.1) is 0 Å². The van der Waals surface area contributed by atoms with Crippen LogP contribution in [0.5, 0.6) is 5.75 Å². The van der Waals surface area contributed by atoms with E-state index in [-0.39, 0.29) is 12.0 Å². The van der Waals surface area contributed by atoms with Crippen molar-refractivity contribution in [2.24, 2.45) is 10.8 Å². The molecule has 0 aromatic heterocycles. The van der Waals surface area contributed by atoms with Crippen LogP contribution in [0.3, 0.4) is 0 Å². The molecular weight excluding hydrogens is 380 g/mol. The lowest BCUT2D eigenvalue weighted by Crippen LogP contribution is -2.52. The van der Waals surface area contributed by atoms with Gasteiger partial charge < -0.3 is 9.47 Å². The summed E-state index contributed by atoms with van der Waals surface area (Å²) in [5.74, 6) is 0.785. The van der Waals surface area contributed by atoms with Crippen molar-refractivity contribution in [3.05, 3.63) is 30.3 Å². The number of ether oxygens (including phenoxy) is 2. The second kappa shape index (κ2) is 10.1. The first-order chi connectivity index (χ1) is 12.8. The predicted molar refractivity (Wildman–Crippen MR) is 111 cm³/mol. The number of para-hydroxylation sites is 1. The normalized spacial score (nSPS) is 15.2. The molecular formula is C21H36O6S. The molecule has 28 heavy (non-hydrogen) atoms. The summed E-state index contributed by atoms with van der Waals surface area (Å²) in [6.07, 6.45) is 1.97. The van der Waals surface area contributed by atoms with Crippen LogP contribution in [0, 0.1) is 10.8 Å². The van der Waals surface area contributed by atoms with Crippen LogP contribution in [-0.4, -0.2) is 38.4 Å². The SMILES string of the molecule is CCOC(CCCOc1ccccc1)(COS(=O)(=O)O)C(C)(C)CC(C)(C)C. The van der Waals surface area contributed by atoms with Crippen molar-refractivity contribution in [3.8, 4) is 5.75 Å². The molecule has 0 aliphatic rings. The quantitative estimate of drug-likeness (QED) is 0.385. The zero-order valence-corrected chi connectivity index (χ0v) is 18.8. The second-order valence-electron chi connectivity index (χ2n) is 9.00. The van der Waals surface area contributed by atoms with Crippen LogP contribution in [0.4, 0.5) is 0 Å². The summed E-state index contributed by atoms with van der Waals surface area (Å²) >= 11 is 0. The second-order valence-corrected chi connectivity index (χ2v) is 10.1. The molecule has 7 heteroatoms. The molecule has 1 aromatic carbocycles. The molecule has 0 aliphatic carbocycles. The van der Waals surface area contributed by atoms with Gasteiger partial charge in [-0.3, -0.25) is 4.55 Å². The minimum atomic E-state index is -4.56. The molecule has 162 valence electrons. The standard InChI is InChI=1S/C21H36O6S/c1-7-26-21(17-27-28(22,23)24,20(5,6)16-19(2,3)4)14-11-15-25-18-12-9-8-10-13-18/h8-10,12-13H,7,11,14-17H2,1-6H3,(H,22,23,24). The van der Waals surface area contributed by atoms with Crippen LogP contribution >= 0.6 is 0 Å². The van der Waals surface area contributed by atoms with E-state index in [1.54, 1.807) is 0 Å². The molecule has 0 bridgehead atoms. The summed E-state index contributed by atoms with van der Waals surface area (Å²) in [6, 6.07) is 9.52. The number of benzene rings is 1. The first kappa shape index (κ1) is 24.9. The van der Waals surface area contributed by atoms with Crippen LogP contribution in [0.2, 0.25) is 0 Å². The third-order valence-electron chi connectivity index (χ3n) is 4.80. The zero-order chi connectivity index (χ0) is 21.5. The molecule has 1 unspecified atom stereocenters. The number of hydrogen-bond acceptors (Lipinski definition) is 5. The van der Waals surface area contributed by atoms with Crippen molar-refractivity contribution >= 4 is 10.4 Å². The Balaban J connectivity index is 2.98. The lowest BCUT2D eigenvalue weighted by atomic mass is 9.65. The summed E-state index contributed by atoms with van der Waals surface area (Å²) in [4.78, 5) is 0. The Kier molecular flexibility index (Phi) is 8.93. The molecule has 1 N–H and O–H groups in total. The average molecular weight is 417 g/mol. The molecule has 0 fully saturated rings. The summed E-state index contributed by atoms with van der Waals surface area (Å²) < 4.78 is 48.4. The first-order valence-electron chi connectivity index (χ1n) is 9.74. The molecule has 6 nitrogen and oxygen atoms in total. The van der Waals surface area contributed by atoms with Gasteiger partial charge in [0.25, 0.3) is 0 Å². The van der Waals surface area contributed by atoms with Crippen molar-refractivity contribution in [1.82, 2.24) is 0 Å². The van der Waals surface area contributed by atoms with Gasteiger partial charge >= 0.3 is 10.4 Å². The maximum atomic E-state index is 11.3. The molecule has 1 aromatic rings. The van der Waals surface area contributed by atoms with E-state index in [0.717, 1.165) is 12.2 Å². The zero-order valence-electron chi connectivity index (χ0n) is 18.0. The topological polar surface area (TPSA) is 82.1 Å². The van der Waals surface area contributed by atoms with Gasteiger partial charge in [-0.1, -0.05) is 52.8 Å². The molecule has 0 amide bonds. The largest absolute Gasteiger partial charge is 0.494 e. The van der Waals surface area contributed by atoms with Crippen molar-refractivity contribution in [3.63, 3.8) is 0 Å². The van der Waals surface area contributed by atoms with Crippen LogP contribution in [0.1, 0.15) is 60.8 Å². The molecule has 0 spiro atoms. The summed E-state index contributed by atoms with van der Waals surface area (Å²) in [5.41, 5.74) is -1.28. The molecule has 0 aliphatic heterocycles. The highest BCUT2D eigenvalue weighted by atomic mass is 32.3. The van der Waals surface area contributed by atoms with E-state index in [1.165, 1.54) is 0 Å². The Labute approximate surface area is 170 Å². The van der Waals surface area contributed by atoms with Crippen molar-refractivity contribution in [2.45, 2.75) is 66.4 Å². The highest BCUT2D eigenvalue weighted by Crippen LogP contribution is 2.46. The fourth-order valence-corrected chi connectivity index (χ4v) is 4.25. The fraction of sp³-hybridized carbons (Fsp3) is 0.714. The monoisotopic (exact) mass is 416 g/mol. The summed E-state index contributed by atoms with van der Waals surface area (Å²) in [5, 5.41) is 0. The summed E-state index contributed by atoms with van der Waals surface area (Å²) in [7, 11) is -4.56. The van der Waals surface area contributed by atoms with Crippen molar-refractivity contribution in [1.29, 1.82) is 0 Å². The third-order valence-corrected chi connectivity index (χ3v) is 5.22. The van der Waals surface area contributed by atoms with Crippen LogP contribution in [0.25, 0.3) is 0 Å². The number of rotatable bonds is 12. The maximum Gasteiger partial charge on any atom is 0.397 e. The minimum absolute atomic E-state index is 0.00444. The molecule has 0 heterocycles. The van der Waals surface area contributed by atoms with Gasteiger partial charge in [0, 0.05) is 6.61 Å². The predicted octanol–water partition coefficient (Wildman–Crippen LogP) is 4.90. The van der Waals surface area contributed by atoms with Gasteiger partial charge in [-0.25, -0.2) is 4.18 Å². The van der Waals surface area contributed by atoms with E-state index in [9.17, 15) is 8.42 Å². The summed E-state index contributed by atoms with van der Waals surface area (Å²) in [6.45, 7) is 13.0. The lowest BCUT2D eigenvalue weighted by molar-refractivity contribution is -0.157. The highest BCUT2D eigenvalue weighted by Gasteiger charge is 2.48. The number of hydrogen-bond donors (Lipinski definition) is 1. The van der Waals surface area contributed by atoms with E-state index >= 15 is 0 Å². The van der Waals surface area contributed by atoms with Crippen LogP contribution in [-0.2, 0) is 19.3 Å².